The van der Waals surface area contributed by atoms with Crippen LogP contribution < -0.4 is 0 Å². The number of fused-ring (bicyclic) bond motifs is 1. The minimum Gasteiger partial charge on any atom is -0.350 e. The number of alkyl halides is 6. The monoisotopic (exact) mass is 267 g/mol. The van der Waals surface area contributed by atoms with Crippen LogP contribution >= 0.6 is 0 Å². The second-order valence-corrected chi connectivity index (χ2v) is 3.85. The average molecular weight is 267 g/mol. The maximum absolute atomic E-state index is 12.7. The van der Waals surface area contributed by atoms with Crippen LogP contribution in [0.2, 0.25) is 0 Å². The molecule has 0 saturated carbocycles. The van der Waals surface area contributed by atoms with Crippen molar-refractivity contribution >= 4 is 10.9 Å². The fraction of sp³-hybridized carbons (Fsp3) is 0.273. The molecular formula is C11H7F6N. The van der Waals surface area contributed by atoms with E-state index in [0.717, 1.165) is 19.1 Å². The molecule has 1 aromatic carbocycles. The maximum atomic E-state index is 12.7. The zero-order valence-corrected chi connectivity index (χ0v) is 9.00. The van der Waals surface area contributed by atoms with E-state index in [1.165, 1.54) is 6.07 Å². The Kier molecular flexibility index (Phi) is 2.60. The lowest BCUT2D eigenvalue weighted by atomic mass is 10.1. The van der Waals surface area contributed by atoms with E-state index in [0.29, 0.717) is 0 Å². The van der Waals surface area contributed by atoms with Crippen LogP contribution in [0.25, 0.3) is 10.9 Å². The van der Waals surface area contributed by atoms with Gasteiger partial charge in [0.05, 0.1) is 11.1 Å². The molecule has 2 rings (SSSR count). The molecule has 18 heavy (non-hydrogen) atoms. The maximum Gasteiger partial charge on any atom is 0.431 e. The molecule has 0 bridgehead atoms. The molecule has 1 nitrogen and oxygen atoms in total. The number of hydrogen-bond acceptors (Lipinski definition) is 0. The largest absolute Gasteiger partial charge is 0.431 e. The van der Waals surface area contributed by atoms with Crippen LogP contribution in [0.15, 0.2) is 18.2 Å². The van der Waals surface area contributed by atoms with Gasteiger partial charge in [-0.15, -0.1) is 0 Å². The first kappa shape index (κ1) is 12.8. The molecule has 1 N–H and O–H groups in total. The van der Waals surface area contributed by atoms with Crippen molar-refractivity contribution in [3.05, 3.63) is 35.0 Å². The van der Waals surface area contributed by atoms with E-state index in [1.807, 2.05) is 4.98 Å². The fourth-order valence-electron chi connectivity index (χ4n) is 1.87. The van der Waals surface area contributed by atoms with Crippen LogP contribution in [0.5, 0.6) is 0 Å². The molecule has 1 aromatic heterocycles. The van der Waals surface area contributed by atoms with Crippen molar-refractivity contribution in [1.82, 2.24) is 4.98 Å². The van der Waals surface area contributed by atoms with Crippen LogP contribution in [0.4, 0.5) is 26.3 Å². The normalized spacial score (nSPS) is 13.3. The molecule has 0 aliphatic heterocycles. The summed E-state index contributed by atoms with van der Waals surface area (Å²) in [5.74, 6) is 0. The quantitative estimate of drug-likeness (QED) is 0.676. The highest BCUT2D eigenvalue weighted by atomic mass is 19.4. The number of halogens is 6. The van der Waals surface area contributed by atoms with Crippen molar-refractivity contribution in [3.8, 4) is 0 Å². The lowest BCUT2D eigenvalue weighted by Gasteiger charge is -2.07. The number of nitrogens with one attached hydrogen (secondary N) is 1. The molecule has 0 unspecified atom stereocenters. The molecule has 7 heteroatoms. The van der Waals surface area contributed by atoms with Gasteiger partial charge in [-0.3, -0.25) is 0 Å². The van der Waals surface area contributed by atoms with Crippen molar-refractivity contribution in [1.29, 1.82) is 0 Å². The second-order valence-electron chi connectivity index (χ2n) is 3.85. The van der Waals surface area contributed by atoms with Crippen molar-refractivity contribution in [2.24, 2.45) is 0 Å². The molecule has 0 spiro atoms. The van der Waals surface area contributed by atoms with Crippen molar-refractivity contribution in [3.63, 3.8) is 0 Å². The molecule has 98 valence electrons. The minimum atomic E-state index is -4.70. The zero-order valence-electron chi connectivity index (χ0n) is 9.00. The Balaban J connectivity index is 2.81. The van der Waals surface area contributed by atoms with Crippen LogP contribution in [0.3, 0.4) is 0 Å². The summed E-state index contributed by atoms with van der Waals surface area (Å²) < 4.78 is 75.8. The number of aryl methyl sites for hydroxylation is 1. The molecule has 2 aromatic rings. The summed E-state index contributed by atoms with van der Waals surface area (Å²) in [5, 5.41) is -0.0721. The van der Waals surface area contributed by atoms with Gasteiger partial charge in [0.15, 0.2) is 0 Å². The van der Waals surface area contributed by atoms with E-state index in [9.17, 15) is 26.3 Å². The first-order valence-corrected chi connectivity index (χ1v) is 4.88. The van der Waals surface area contributed by atoms with Gasteiger partial charge in [-0.2, -0.15) is 26.3 Å². The molecule has 0 amide bonds. The van der Waals surface area contributed by atoms with Gasteiger partial charge in [0.2, 0.25) is 0 Å². The number of rotatable bonds is 0. The third kappa shape index (κ3) is 1.93. The average Bonchev–Trinajstić information content (AvgIpc) is 2.54. The first-order valence-electron chi connectivity index (χ1n) is 4.88. The van der Waals surface area contributed by atoms with Gasteiger partial charge >= 0.3 is 12.4 Å². The predicted molar refractivity (Wildman–Crippen MR) is 53.0 cm³/mol. The van der Waals surface area contributed by atoms with Gasteiger partial charge < -0.3 is 4.98 Å². The molecule has 0 radical (unpaired) electrons. The van der Waals surface area contributed by atoms with Crippen LogP contribution in [-0.4, -0.2) is 4.98 Å². The third-order valence-electron chi connectivity index (χ3n) is 2.68. The molecule has 0 saturated heterocycles. The highest BCUT2D eigenvalue weighted by molar-refractivity contribution is 5.87. The van der Waals surface area contributed by atoms with E-state index in [-0.39, 0.29) is 10.9 Å². The number of aromatic nitrogens is 1. The number of benzene rings is 1. The van der Waals surface area contributed by atoms with E-state index < -0.39 is 29.1 Å². The third-order valence-corrected chi connectivity index (χ3v) is 2.68. The van der Waals surface area contributed by atoms with Crippen LogP contribution in [0.1, 0.15) is 16.8 Å². The molecule has 0 fully saturated rings. The van der Waals surface area contributed by atoms with Crippen molar-refractivity contribution in [2.75, 3.05) is 0 Å². The Hall–Kier alpha value is -1.66. The molecule has 1 heterocycles. The number of aromatic amines is 1. The predicted octanol–water partition coefficient (Wildman–Crippen LogP) is 4.51. The topological polar surface area (TPSA) is 15.8 Å². The number of hydrogen-bond donors (Lipinski definition) is 1. The van der Waals surface area contributed by atoms with Gasteiger partial charge in [-0.05, 0) is 18.6 Å². The lowest BCUT2D eigenvalue weighted by molar-refractivity contribution is -0.142. The van der Waals surface area contributed by atoms with Gasteiger partial charge in [0.25, 0.3) is 0 Å². The summed E-state index contributed by atoms with van der Waals surface area (Å²) in [5.41, 5.74) is -3.01. The Labute approximate surface area is 97.4 Å². The van der Waals surface area contributed by atoms with Gasteiger partial charge in [0.1, 0.15) is 5.69 Å². The standard InChI is InChI=1S/C11H7F6N/c1-5-6-3-2-4-7(10(12,13)14)8(6)18-9(5)11(15,16)17/h2-4,18H,1H3. The minimum absolute atomic E-state index is 0.0721. The first-order chi connectivity index (χ1) is 8.12. The molecule has 0 aliphatic carbocycles. The van der Waals surface area contributed by atoms with Gasteiger partial charge in [0, 0.05) is 5.39 Å². The summed E-state index contributed by atoms with van der Waals surface area (Å²) in [7, 11) is 0. The Morgan fingerprint density at radius 1 is 0.944 bits per heavy atom. The highest BCUT2D eigenvalue weighted by Gasteiger charge is 2.38. The SMILES string of the molecule is Cc1c(C(F)(F)F)[nH]c2c(C(F)(F)F)cccc12. The summed E-state index contributed by atoms with van der Waals surface area (Å²) in [6.07, 6.45) is -9.40. The van der Waals surface area contributed by atoms with Crippen molar-refractivity contribution in [2.45, 2.75) is 19.3 Å². The van der Waals surface area contributed by atoms with E-state index >= 15 is 0 Å². The summed E-state index contributed by atoms with van der Waals surface area (Å²) >= 11 is 0. The van der Waals surface area contributed by atoms with Crippen LogP contribution in [0, 0.1) is 6.92 Å². The molecule has 0 aliphatic rings. The van der Waals surface area contributed by atoms with Crippen LogP contribution in [-0.2, 0) is 12.4 Å². The van der Waals surface area contributed by atoms with E-state index in [4.69, 9.17) is 0 Å². The lowest BCUT2D eigenvalue weighted by Crippen LogP contribution is -2.08. The molecule has 0 atom stereocenters. The zero-order chi connectivity index (χ0) is 13.7. The summed E-state index contributed by atoms with van der Waals surface area (Å²) in [6, 6.07) is 3.07. The number of para-hydroxylation sites is 1. The van der Waals surface area contributed by atoms with E-state index in [2.05, 4.69) is 0 Å². The Bertz CT molecular complexity index is 590. The van der Waals surface area contributed by atoms with Gasteiger partial charge in [-0.1, -0.05) is 12.1 Å². The Morgan fingerprint density at radius 3 is 2.06 bits per heavy atom. The van der Waals surface area contributed by atoms with Crippen molar-refractivity contribution < 1.29 is 26.3 Å². The summed E-state index contributed by atoms with van der Waals surface area (Å²) in [6.45, 7) is 1.14. The van der Waals surface area contributed by atoms with Gasteiger partial charge in [-0.25, -0.2) is 0 Å². The Morgan fingerprint density at radius 2 is 1.56 bits per heavy atom. The smallest absolute Gasteiger partial charge is 0.350 e. The second kappa shape index (κ2) is 3.66. The number of H-pyrrole nitrogens is 1. The molecular weight excluding hydrogens is 260 g/mol. The fourth-order valence-corrected chi connectivity index (χ4v) is 1.87. The summed E-state index contributed by atoms with van der Waals surface area (Å²) in [4.78, 5) is 1.83. The highest BCUT2D eigenvalue weighted by Crippen LogP contribution is 2.39. The van der Waals surface area contributed by atoms with E-state index in [1.54, 1.807) is 0 Å².